The van der Waals surface area contributed by atoms with Crippen LogP contribution in [0.1, 0.15) is 0 Å². The molecule has 4 nitrogen and oxygen atoms in total. The summed E-state index contributed by atoms with van der Waals surface area (Å²) in [6.07, 6.45) is 0. The number of hydrogen-bond donors (Lipinski definition) is 2. The Morgan fingerprint density at radius 1 is 0.840 bits per heavy atom. The number of anilines is 2. The van der Waals surface area contributed by atoms with Crippen LogP contribution in [0, 0.1) is 0 Å². The van der Waals surface area contributed by atoms with Crippen molar-refractivity contribution < 1.29 is 9.53 Å². The van der Waals surface area contributed by atoms with Gasteiger partial charge in [0, 0.05) is 11.3 Å². The molecule has 3 aromatic carbocycles. The lowest BCUT2D eigenvalue weighted by Gasteiger charge is -2.13. The van der Waals surface area contributed by atoms with Crippen molar-refractivity contribution in [2.75, 3.05) is 24.3 Å². The highest BCUT2D eigenvalue weighted by Gasteiger charge is 2.09. The molecule has 0 aliphatic heterocycles. The normalized spacial score (nSPS) is 10.1. The number of ether oxygens (including phenoxy) is 1. The maximum absolute atomic E-state index is 12.4. The van der Waals surface area contributed by atoms with Crippen molar-refractivity contribution in [1.29, 1.82) is 0 Å². The Kier molecular flexibility index (Phi) is 5.32. The molecule has 0 spiro atoms. The molecule has 25 heavy (non-hydrogen) atoms. The van der Waals surface area contributed by atoms with Gasteiger partial charge >= 0.3 is 0 Å². The van der Waals surface area contributed by atoms with Crippen LogP contribution < -0.4 is 15.4 Å². The van der Waals surface area contributed by atoms with Crippen LogP contribution >= 0.6 is 0 Å². The Morgan fingerprint density at radius 3 is 2.24 bits per heavy atom. The average molecular weight is 332 g/mol. The number of methoxy groups -OCH3 is 1. The molecule has 0 radical (unpaired) electrons. The van der Waals surface area contributed by atoms with Crippen molar-refractivity contribution in [3.05, 3.63) is 78.9 Å². The topological polar surface area (TPSA) is 50.4 Å². The van der Waals surface area contributed by atoms with Crippen LogP contribution in [0.15, 0.2) is 78.9 Å². The van der Waals surface area contributed by atoms with E-state index in [2.05, 4.69) is 10.6 Å². The molecule has 126 valence electrons. The van der Waals surface area contributed by atoms with Crippen molar-refractivity contribution in [2.24, 2.45) is 0 Å². The molecule has 0 atom stereocenters. The molecule has 1 amide bonds. The molecule has 0 aliphatic rings. The predicted octanol–water partition coefficient (Wildman–Crippen LogP) is 4.41. The predicted molar refractivity (Wildman–Crippen MR) is 102 cm³/mol. The molecule has 0 fully saturated rings. The molecular weight excluding hydrogens is 312 g/mol. The van der Waals surface area contributed by atoms with E-state index in [0.29, 0.717) is 5.75 Å². The van der Waals surface area contributed by atoms with Gasteiger partial charge in [-0.1, -0.05) is 60.7 Å². The lowest BCUT2D eigenvalue weighted by Crippen LogP contribution is -2.22. The lowest BCUT2D eigenvalue weighted by atomic mass is 10.0. The van der Waals surface area contributed by atoms with Crippen molar-refractivity contribution in [2.45, 2.75) is 0 Å². The minimum Gasteiger partial charge on any atom is -0.495 e. The van der Waals surface area contributed by atoms with Crippen LogP contribution in [0.25, 0.3) is 11.1 Å². The van der Waals surface area contributed by atoms with Gasteiger partial charge in [0.05, 0.1) is 19.3 Å². The van der Waals surface area contributed by atoms with Crippen LogP contribution in [-0.4, -0.2) is 19.6 Å². The second-order valence-corrected chi connectivity index (χ2v) is 5.51. The van der Waals surface area contributed by atoms with Crippen molar-refractivity contribution in [1.82, 2.24) is 0 Å². The zero-order chi connectivity index (χ0) is 17.5. The number of carbonyl (C=O) groups excluding carboxylic acids is 1. The van der Waals surface area contributed by atoms with E-state index in [9.17, 15) is 4.79 Å². The van der Waals surface area contributed by atoms with Gasteiger partial charge in [-0.3, -0.25) is 4.79 Å². The Hall–Kier alpha value is -3.27. The highest BCUT2D eigenvalue weighted by Crippen LogP contribution is 2.27. The zero-order valence-corrected chi connectivity index (χ0v) is 14.0. The third-order valence-corrected chi connectivity index (χ3v) is 3.83. The minimum atomic E-state index is -0.116. The Balaban J connectivity index is 1.70. The third-order valence-electron chi connectivity index (χ3n) is 3.83. The standard InChI is InChI=1S/C21H20N2O2/c1-25-20-14-8-7-13-19(20)22-15-21(24)23-18-12-6-5-11-17(18)16-9-3-2-4-10-16/h2-14,22H,15H2,1H3,(H,23,24). The highest BCUT2D eigenvalue weighted by molar-refractivity contribution is 5.97. The van der Waals surface area contributed by atoms with Crippen molar-refractivity contribution in [3.63, 3.8) is 0 Å². The van der Waals surface area contributed by atoms with Crippen molar-refractivity contribution in [3.8, 4) is 16.9 Å². The van der Waals surface area contributed by atoms with E-state index >= 15 is 0 Å². The third kappa shape index (κ3) is 4.18. The fraction of sp³-hybridized carbons (Fsp3) is 0.0952. The number of carbonyl (C=O) groups is 1. The summed E-state index contributed by atoms with van der Waals surface area (Å²) in [6, 6.07) is 25.3. The molecule has 3 rings (SSSR count). The second-order valence-electron chi connectivity index (χ2n) is 5.51. The number of para-hydroxylation sites is 3. The Labute approximate surface area is 147 Å². The van der Waals surface area contributed by atoms with E-state index in [4.69, 9.17) is 4.74 Å². The summed E-state index contributed by atoms with van der Waals surface area (Å²) in [4.78, 5) is 12.4. The quantitative estimate of drug-likeness (QED) is 0.703. The summed E-state index contributed by atoms with van der Waals surface area (Å²) >= 11 is 0. The molecule has 4 heteroatoms. The van der Waals surface area contributed by atoms with Gasteiger partial charge in [-0.15, -0.1) is 0 Å². The average Bonchev–Trinajstić information content (AvgIpc) is 2.67. The van der Waals surface area contributed by atoms with E-state index in [1.807, 2.05) is 78.9 Å². The van der Waals surface area contributed by atoms with E-state index in [-0.39, 0.29) is 12.5 Å². The van der Waals surface area contributed by atoms with Crippen LogP contribution in [-0.2, 0) is 4.79 Å². The number of amides is 1. The molecule has 0 heterocycles. The lowest BCUT2D eigenvalue weighted by molar-refractivity contribution is -0.114. The van der Waals surface area contributed by atoms with Gasteiger partial charge in [0.15, 0.2) is 0 Å². The highest BCUT2D eigenvalue weighted by atomic mass is 16.5. The van der Waals surface area contributed by atoms with Crippen LogP contribution in [0.3, 0.4) is 0 Å². The summed E-state index contributed by atoms with van der Waals surface area (Å²) in [5.41, 5.74) is 3.64. The first-order valence-electron chi connectivity index (χ1n) is 8.09. The molecule has 2 N–H and O–H groups in total. The monoisotopic (exact) mass is 332 g/mol. The van der Waals surface area contributed by atoms with Crippen LogP contribution in [0.4, 0.5) is 11.4 Å². The van der Waals surface area contributed by atoms with Gasteiger partial charge in [-0.05, 0) is 23.8 Å². The van der Waals surface area contributed by atoms with Gasteiger partial charge in [-0.2, -0.15) is 0 Å². The molecule has 0 saturated heterocycles. The summed E-state index contributed by atoms with van der Waals surface area (Å²) in [6.45, 7) is 0.156. The van der Waals surface area contributed by atoms with Gasteiger partial charge < -0.3 is 15.4 Å². The summed E-state index contributed by atoms with van der Waals surface area (Å²) < 4.78 is 5.28. The molecule has 0 saturated carbocycles. The SMILES string of the molecule is COc1ccccc1NCC(=O)Nc1ccccc1-c1ccccc1. The molecular formula is C21H20N2O2. The molecule has 3 aromatic rings. The number of nitrogens with one attached hydrogen (secondary N) is 2. The molecule has 0 aliphatic carbocycles. The maximum atomic E-state index is 12.4. The molecule has 0 bridgehead atoms. The number of hydrogen-bond acceptors (Lipinski definition) is 3. The smallest absolute Gasteiger partial charge is 0.243 e. The summed E-state index contributed by atoms with van der Waals surface area (Å²) in [5, 5.41) is 6.08. The molecule has 0 unspecified atom stereocenters. The van der Waals surface area contributed by atoms with Crippen LogP contribution in [0.5, 0.6) is 5.75 Å². The number of rotatable bonds is 6. The Bertz CT molecular complexity index is 847. The van der Waals surface area contributed by atoms with E-state index in [0.717, 1.165) is 22.5 Å². The van der Waals surface area contributed by atoms with Gasteiger partial charge in [-0.25, -0.2) is 0 Å². The van der Waals surface area contributed by atoms with Gasteiger partial charge in [0.2, 0.25) is 5.91 Å². The first-order chi connectivity index (χ1) is 12.3. The van der Waals surface area contributed by atoms with E-state index in [1.54, 1.807) is 7.11 Å². The molecule has 0 aromatic heterocycles. The number of benzene rings is 3. The van der Waals surface area contributed by atoms with Gasteiger partial charge in [0.1, 0.15) is 5.75 Å². The van der Waals surface area contributed by atoms with Crippen LogP contribution in [0.2, 0.25) is 0 Å². The summed E-state index contributed by atoms with van der Waals surface area (Å²) in [7, 11) is 1.61. The second kappa shape index (κ2) is 8.02. The maximum Gasteiger partial charge on any atom is 0.243 e. The largest absolute Gasteiger partial charge is 0.495 e. The van der Waals surface area contributed by atoms with E-state index < -0.39 is 0 Å². The first kappa shape index (κ1) is 16.6. The fourth-order valence-corrected chi connectivity index (χ4v) is 2.62. The first-order valence-corrected chi connectivity index (χ1v) is 8.09. The summed E-state index contributed by atoms with van der Waals surface area (Å²) in [5.74, 6) is 0.592. The van der Waals surface area contributed by atoms with Crippen molar-refractivity contribution >= 4 is 17.3 Å². The van der Waals surface area contributed by atoms with Gasteiger partial charge in [0.25, 0.3) is 0 Å². The zero-order valence-electron chi connectivity index (χ0n) is 14.0. The Morgan fingerprint density at radius 2 is 1.48 bits per heavy atom. The minimum absolute atomic E-state index is 0.116. The fourth-order valence-electron chi connectivity index (χ4n) is 2.62. The van der Waals surface area contributed by atoms with E-state index in [1.165, 1.54) is 0 Å².